The third-order valence-electron chi connectivity index (χ3n) is 11.0. The van der Waals surface area contributed by atoms with Crippen molar-refractivity contribution in [3.63, 3.8) is 0 Å². The minimum Gasteiger partial charge on any atom is -0.455 e. The molecule has 0 saturated heterocycles. The molecule has 4 heterocycles. The molecule has 0 aliphatic carbocycles. The second-order valence-electron chi connectivity index (χ2n) is 14.3. The number of fused-ring (bicyclic) bond motifs is 9. The van der Waals surface area contributed by atoms with Gasteiger partial charge in [0.2, 0.25) is 0 Å². The van der Waals surface area contributed by atoms with Crippen molar-refractivity contribution in [3.05, 3.63) is 176 Å². The maximum Gasteiger partial charge on any atom is 0.167 e. The van der Waals surface area contributed by atoms with Crippen LogP contribution in [0.2, 0.25) is 0 Å². The second kappa shape index (κ2) is 12.6. The molecule has 266 valence electrons. The predicted octanol–water partition coefficient (Wildman–Crippen LogP) is 14.4. The Morgan fingerprint density at radius 1 is 0.298 bits per heavy atom. The van der Waals surface area contributed by atoms with Gasteiger partial charge in [0.25, 0.3) is 0 Å². The summed E-state index contributed by atoms with van der Waals surface area (Å²) < 4.78 is 16.5. The summed E-state index contributed by atoms with van der Waals surface area (Å²) in [6, 6.07) is 60.8. The summed E-state index contributed by atoms with van der Waals surface area (Å²) in [5.74, 6) is 1.76. The Bertz CT molecular complexity index is 3470. The van der Waals surface area contributed by atoms with Crippen LogP contribution in [0.15, 0.2) is 185 Å². The minimum atomic E-state index is 0.550. The summed E-state index contributed by atoms with van der Waals surface area (Å²) in [5, 5.41) is 6.69. The summed E-state index contributed by atoms with van der Waals surface area (Å²) in [6.07, 6.45) is 0. The molecule has 0 unspecified atom stereocenters. The average Bonchev–Trinajstić information content (AvgIpc) is 3.98. The minimum absolute atomic E-state index is 0.550. The molecular formula is C51H29N3O2S. The Labute approximate surface area is 330 Å². The fourth-order valence-corrected chi connectivity index (χ4v) is 9.38. The number of thiophene rings is 1. The van der Waals surface area contributed by atoms with E-state index in [0.29, 0.717) is 17.5 Å². The monoisotopic (exact) mass is 747 g/mol. The number of hydrogen-bond donors (Lipinski definition) is 0. The van der Waals surface area contributed by atoms with Gasteiger partial charge in [-0.2, -0.15) is 0 Å². The van der Waals surface area contributed by atoms with Crippen LogP contribution in [-0.2, 0) is 0 Å². The van der Waals surface area contributed by atoms with Gasteiger partial charge < -0.3 is 8.83 Å². The zero-order valence-corrected chi connectivity index (χ0v) is 31.1. The molecule has 12 rings (SSSR count). The molecule has 12 aromatic rings. The van der Waals surface area contributed by atoms with Gasteiger partial charge in [-0.3, -0.25) is 0 Å². The highest BCUT2D eigenvalue weighted by molar-refractivity contribution is 7.25. The first kappa shape index (κ1) is 31.9. The normalized spacial score (nSPS) is 11.9. The van der Waals surface area contributed by atoms with Crippen molar-refractivity contribution in [3.8, 4) is 56.4 Å². The maximum atomic E-state index is 6.97. The van der Waals surface area contributed by atoms with Gasteiger partial charge in [-0.15, -0.1) is 11.3 Å². The lowest BCUT2D eigenvalue weighted by atomic mass is 9.98. The van der Waals surface area contributed by atoms with Crippen LogP contribution in [-0.4, -0.2) is 15.0 Å². The van der Waals surface area contributed by atoms with Crippen molar-refractivity contribution in [1.29, 1.82) is 0 Å². The molecule has 0 radical (unpaired) electrons. The second-order valence-corrected chi connectivity index (χ2v) is 15.4. The first-order valence-electron chi connectivity index (χ1n) is 18.9. The summed E-state index contributed by atoms with van der Waals surface area (Å²) >= 11 is 1.83. The van der Waals surface area contributed by atoms with Crippen molar-refractivity contribution in [2.24, 2.45) is 0 Å². The van der Waals surface area contributed by atoms with Crippen LogP contribution in [0.5, 0.6) is 0 Å². The predicted molar refractivity (Wildman–Crippen MR) is 234 cm³/mol. The molecule has 4 aromatic heterocycles. The van der Waals surface area contributed by atoms with Crippen LogP contribution < -0.4 is 0 Å². The standard InChI is InChI=1S/C51H29N3O2S/c1-3-13-30(14-4-1)49-52-50(31-15-5-2-6-16-31)54-51(53-49)41-25-12-24-40-39-23-11-22-38(47(39)56-48(40)41)37-21-10-20-36-35-19-9-18-33(45(35)55-46(36)37)32-27-28-44-42(29-32)34-17-7-8-26-43(34)57-44/h1-29H. The highest BCUT2D eigenvalue weighted by atomic mass is 32.1. The number of furan rings is 2. The van der Waals surface area contributed by atoms with E-state index < -0.39 is 0 Å². The largest absolute Gasteiger partial charge is 0.455 e. The van der Waals surface area contributed by atoms with Crippen molar-refractivity contribution >= 4 is 75.4 Å². The lowest BCUT2D eigenvalue weighted by Crippen LogP contribution is -2.00. The van der Waals surface area contributed by atoms with E-state index in [9.17, 15) is 0 Å². The third-order valence-corrected chi connectivity index (χ3v) is 12.1. The lowest BCUT2D eigenvalue weighted by molar-refractivity contribution is 0.666. The fourth-order valence-electron chi connectivity index (χ4n) is 8.29. The zero-order chi connectivity index (χ0) is 37.5. The summed E-state index contributed by atoms with van der Waals surface area (Å²) in [7, 11) is 0. The van der Waals surface area contributed by atoms with E-state index in [4.69, 9.17) is 23.8 Å². The molecule has 0 amide bonds. The van der Waals surface area contributed by atoms with Gasteiger partial charge in [0, 0.05) is 69.5 Å². The SMILES string of the molecule is c1ccc(-c2nc(-c3ccccc3)nc(-c3cccc4c3oc3c(-c5cccc6c5oc5c(-c7ccc8sc9ccccc9c8c7)cccc56)cccc34)n2)cc1. The quantitative estimate of drug-likeness (QED) is 0.175. The van der Waals surface area contributed by atoms with Gasteiger partial charge in [-0.25, -0.2) is 15.0 Å². The number of nitrogens with zero attached hydrogens (tertiary/aromatic N) is 3. The van der Waals surface area contributed by atoms with E-state index in [0.717, 1.165) is 82.8 Å². The Morgan fingerprint density at radius 3 is 1.33 bits per heavy atom. The molecule has 5 nitrogen and oxygen atoms in total. The van der Waals surface area contributed by atoms with Crippen molar-refractivity contribution in [2.75, 3.05) is 0 Å². The van der Waals surface area contributed by atoms with Crippen LogP contribution >= 0.6 is 11.3 Å². The van der Waals surface area contributed by atoms with Crippen molar-refractivity contribution in [2.45, 2.75) is 0 Å². The van der Waals surface area contributed by atoms with E-state index >= 15 is 0 Å². The van der Waals surface area contributed by atoms with Gasteiger partial charge in [0.15, 0.2) is 17.5 Å². The number of para-hydroxylation sites is 4. The number of rotatable bonds is 5. The first-order valence-corrected chi connectivity index (χ1v) is 19.7. The lowest BCUT2D eigenvalue weighted by Gasteiger charge is -2.08. The van der Waals surface area contributed by atoms with Crippen LogP contribution in [0, 0.1) is 0 Å². The van der Waals surface area contributed by atoms with E-state index in [1.807, 2.05) is 84.1 Å². The first-order chi connectivity index (χ1) is 28.2. The van der Waals surface area contributed by atoms with Gasteiger partial charge in [0.1, 0.15) is 22.3 Å². The van der Waals surface area contributed by atoms with Crippen LogP contribution in [0.4, 0.5) is 0 Å². The molecule has 0 aliphatic heterocycles. The molecule has 6 heteroatoms. The topological polar surface area (TPSA) is 65.0 Å². The smallest absolute Gasteiger partial charge is 0.167 e. The van der Waals surface area contributed by atoms with Gasteiger partial charge >= 0.3 is 0 Å². The van der Waals surface area contributed by atoms with Gasteiger partial charge in [-0.1, -0.05) is 152 Å². The molecule has 0 fully saturated rings. The molecule has 57 heavy (non-hydrogen) atoms. The Hall–Kier alpha value is -7.41. The summed E-state index contributed by atoms with van der Waals surface area (Å²) in [5.41, 5.74) is 9.96. The molecule has 8 aromatic carbocycles. The fraction of sp³-hybridized carbons (Fsp3) is 0. The molecule has 0 bridgehead atoms. The average molecular weight is 748 g/mol. The Morgan fingerprint density at radius 2 is 0.737 bits per heavy atom. The van der Waals surface area contributed by atoms with Crippen molar-refractivity contribution < 1.29 is 8.83 Å². The van der Waals surface area contributed by atoms with E-state index in [1.165, 1.54) is 20.2 Å². The Balaban J connectivity index is 1.04. The number of hydrogen-bond acceptors (Lipinski definition) is 6. The molecule has 0 spiro atoms. The van der Waals surface area contributed by atoms with E-state index in [2.05, 4.69) is 103 Å². The highest BCUT2D eigenvalue weighted by Crippen LogP contribution is 2.45. The third kappa shape index (κ3) is 5.04. The van der Waals surface area contributed by atoms with E-state index in [-0.39, 0.29) is 0 Å². The maximum absolute atomic E-state index is 6.97. The molecular weight excluding hydrogens is 719 g/mol. The summed E-state index contributed by atoms with van der Waals surface area (Å²) in [4.78, 5) is 15.0. The van der Waals surface area contributed by atoms with Crippen LogP contribution in [0.25, 0.3) is 120 Å². The Kier molecular flexibility index (Phi) is 7.03. The number of aromatic nitrogens is 3. The van der Waals surface area contributed by atoms with E-state index in [1.54, 1.807) is 0 Å². The number of benzene rings is 8. The van der Waals surface area contributed by atoms with Crippen LogP contribution in [0.3, 0.4) is 0 Å². The van der Waals surface area contributed by atoms with Crippen molar-refractivity contribution in [1.82, 2.24) is 15.0 Å². The molecule has 0 N–H and O–H groups in total. The van der Waals surface area contributed by atoms with Gasteiger partial charge in [-0.05, 0) is 29.8 Å². The van der Waals surface area contributed by atoms with Crippen LogP contribution in [0.1, 0.15) is 0 Å². The molecule has 0 aliphatic rings. The zero-order valence-electron chi connectivity index (χ0n) is 30.3. The summed E-state index contributed by atoms with van der Waals surface area (Å²) in [6.45, 7) is 0. The van der Waals surface area contributed by atoms with Gasteiger partial charge in [0.05, 0.1) is 5.56 Å². The molecule has 0 atom stereocenters. The molecule has 0 saturated carbocycles. The highest BCUT2D eigenvalue weighted by Gasteiger charge is 2.22.